The SMILES string of the molecule is COc1cc(COC(C)C)ccc1Br. The third-order valence-corrected chi connectivity index (χ3v) is 2.45. The van der Waals surface area contributed by atoms with Crippen LogP contribution in [-0.4, -0.2) is 13.2 Å². The maximum atomic E-state index is 5.50. The van der Waals surface area contributed by atoms with E-state index in [9.17, 15) is 0 Å². The summed E-state index contributed by atoms with van der Waals surface area (Å²) in [7, 11) is 1.66. The van der Waals surface area contributed by atoms with E-state index in [0.29, 0.717) is 6.61 Å². The third-order valence-electron chi connectivity index (χ3n) is 1.80. The fourth-order valence-electron chi connectivity index (χ4n) is 1.06. The highest BCUT2D eigenvalue weighted by Gasteiger charge is 2.02. The molecule has 1 rings (SSSR count). The van der Waals surface area contributed by atoms with Gasteiger partial charge >= 0.3 is 0 Å². The Balaban J connectivity index is 2.69. The molecule has 0 amide bonds. The van der Waals surface area contributed by atoms with Crippen molar-refractivity contribution in [3.8, 4) is 5.75 Å². The molecule has 0 atom stereocenters. The molecule has 0 saturated heterocycles. The lowest BCUT2D eigenvalue weighted by molar-refractivity contribution is 0.0656. The predicted molar refractivity (Wildman–Crippen MR) is 60.6 cm³/mol. The molecular formula is C11H15BrO2. The van der Waals surface area contributed by atoms with E-state index in [0.717, 1.165) is 15.8 Å². The molecule has 3 heteroatoms. The molecule has 78 valence electrons. The van der Waals surface area contributed by atoms with Crippen LogP contribution in [0, 0.1) is 0 Å². The van der Waals surface area contributed by atoms with Gasteiger partial charge in [-0.3, -0.25) is 0 Å². The van der Waals surface area contributed by atoms with E-state index in [1.807, 2.05) is 32.0 Å². The largest absolute Gasteiger partial charge is 0.496 e. The van der Waals surface area contributed by atoms with Crippen LogP contribution in [0.5, 0.6) is 5.75 Å². The minimum Gasteiger partial charge on any atom is -0.496 e. The third kappa shape index (κ3) is 3.31. The number of rotatable bonds is 4. The molecule has 14 heavy (non-hydrogen) atoms. The molecule has 0 spiro atoms. The Hall–Kier alpha value is -0.540. The van der Waals surface area contributed by atoms with Crippen molar-refractivity contribution < 1.29 is 9.47 Å². The second-order valence-electron chi connectivity index (χ2n) is 3.33. The summed E-state index contributed by atoms with van der Waals surface area (Å²) >= 11 is 3.40. The zero-order valence-corrected chi connectivity index (χ0v) is 10.3. The van der Waals surface area contributed by atoms with Crippen molar-refractivity contribution in [3.05, 3.63) is 28.2 Å². The van der Waals surface area contributed by atoms with Gasteiger partial charge in [-0.1, -0.05) is 6.07 Å². The summed E-state index contributed by atoms with van der Waals surface area (Å²) in [6.45, 7) is 4.67. The lowest BCUT2D eigenvalue weighted by atomic mass is 10.2. The highest BCUT2D eigenvalue weighted by atomic mass is 79.9. The number of hydrogen-bond donors (Lipinski definition) is 0. The normalized spacial score (nSPS) is 10.6. The van der Waals surface area contributed by atoms with Crippen molar-refractivity contribution in [1.82, 2.24) is 0 Å². The minimum absolute atomic E-state index is 0.254. The Morgan fingerprint density at radius 2 is 2.07 bits per heavy atom. The van der Waals surface area contributed by atoms with Gasteiger partial charge in [-0.15, -0.1) is 0 Å². The van der Waals surface area contributed by atoms with Gasteiger partial charge in [0, 0.05) is 0 Å². The summed E-state index contributed by atoms with van der Waals surface area (Å²) in [5.74, 6) is 0.842. The summed E-state index contributed by atoms with van der Waals surface area (Å²) in [5.41, 5.74) is 1.12. The van der Waals surface area contributed by atoms with Crippen molar-refractivity contribution in [2.45, 2.75) is 26.6 Å². The Labute approximate surface area is 93.4 Å². The van der Waals surface area contributed by atoms with Gasteiger partial charge in [0.05, 0.1) is 24.3 Å². The van der Waals surface area contributed by atoms with Crippen molar-refractivity contribution in [1.29, 1.82) is 0 Å². The molecule has 0 heterocycles. The van der Waals surface area contributed by atoms with E-state index in [1.54, 1.807) is 7.11 Å². The Morgan fingerprint density at radius 1 is 1.36 bits per heavy atom. The average molecular weight is 259 g/mol. The maximum absolute atomic E-state index is 5.50. The first kappa shape index (κ1) is 11.5. The van der Waals surface area contributed by atoms with Gasteiger partial charge < -0.3 is 9.47 Å². The molecule has 0 unspecified atom stereocenters. The van der Waals surface area contributed by atoms with Gasteiger partial charge in [0.15, 0.2) is 0 Å². The van der Waals surface area contributed by atoms with Crippen LogP contribution < -0.4 is 4.74 Å². The Morgan fingerprint density at radius 3 is 2.64 bits per heavy atom. The number of methoxy groups -OCH3 is 1. The van der Waals surface area contributed by atoms with E-state index in [4.69, 9.17) is 9.47 Å². The topological polar surface area (TPSA) is 18.5 Å². The van der Waals surface area contributed by atoms with Crippen LogP contribution in [0.15, 0.2) is 22.7 Å². The molecule has 0 aromatic heterocycles. The Bertz CT molecular complexity index is 297. The molecule has 0 N–H and O–H groups in total. The summed E-state index contributed by atoms with van der Waals surface area (Å²) in [4.78, 5) is 0. The molecule has 0 bridgehead atoms. The van der Waals surface area contributed by atoms with E-state index >= 15 is 0 Å². The fourth-order valence-corrected chi connectivity index (χ4v) is 1.47. The van der Waals surface area contributed by atoms with Gasteiger partial charge in [0.2, 0.25) is 0 Å². The average Bonchev–Trinajstić information content (AvgIpc) is 2.16. The van der Waals surface area contributed by atoms with Crippen LogP contribution in [0.4, 0.5) is 0 Å². The minimum atomic E-state index is 0.254. The quantitative estimate of drug-likeness (QED) is 0.825. The van der Waals surface area contributed by atoms with Crippen LogP contribution >= 0.6 is 15.9 Å². The summed E-state index contributed by atoms with van der Waals surface area (Å²) in [5, 5.41) is 0. The molecule has 1 aromatic carbocycles. The zero-order chi connectivity index (χ0) is 10.6. The smallest absolute Gasteiger partial charge is 0.133 e. The van der Waals surface area contributed by atoms with Gasteiger partial charge in [-0.05, 0) is 47.5 Å². The summed E-state index contributed by atoms with van der Waals surface area (Å²) < 4.78 is 11.7. The number of ether oxygens (including phenoxy) is 2. The molecule has 0 aliphatic heterocycles. The van der Waals surface area contributed by atoms with Crippen molar-refractivity contribution >= 4 is 15.9 Å². The first-order chi connectivity index (χ1) is 6.63. The van der Waals surface area contributed by atoms with Crippen LogP contribution in [0.1, 0.15) is 19.4 Å². The predicted octanol–water partition coefficient (Wildman–Crippen LogP) is 3.38. The van der Waals surface area contributed by atoms with Crippen LogP contribution in [0.2, 0.25) is 0 Å². The first-order valence-electron chi connectivity index (χ1n) is 4.57. The van der Waals surface area contributed by atoms with Gasteiger partial charge in [-0.25, -0.2) is 0 Å². The van der Waals surface area contributed by atoms with Gasteiger partial charge in [0.25, 0.3) is 0 Å². The standard InChI is InChI=1S/C11H15BrO2/c1-8(2)14-7-9-4-5-10(12)11(6-9)13-3/h4-6,8H,7H2,1-3H3. The zero-order valence-electron chi connectivity index (χ0n) is 8.71. The fraction of sp³-hybridized carbons (Fsp3) is 0.455. The molecule has 0 aliphatic carbocycles. The molecule has 1 aromatic rings. The lowest BCUT2D eigenvalue weighted by Gasteiger charge is -2.09. The number of benzene rings is 1. The molecule has 0 radical (unpaired) electrons. The van der Waals surface area contributed by atoms with E-state index < -0.39 is 0 Å². The summed E-state index contributed by atoms with van der Waals surface area (Å²) in [6, 6.07) is 5.97. The molecule has 2 nitrogen and oxygen atoms in total. The highest BCUT2D eigenvalue weighted by Crippen LogP contribution is 2.25. The second kappa shape index (κ2) is 5.37. The second-order valence-corrected chi connectivity index (χ2v) is 4.18. The summed E-state index contributed by atoms with van der Waals surface area (Å²) in [6.07, 6.45) is 0.254. The van der Waals surface area contributed by atoms with Gasteiger partial charge in [0.1, 0.15) is 5.75 Å². The van der Waals surface area contributed by atoms with Crippen LogP contribution in [0.3, 0.4) is 0 Å². The monoisotopic (exact) mass is 258 g/mol. The molecule has 0 aliphatic rings. The number of halogens is 1. The van der Waals surface area contributed by atoms with Crippen LogP contribution in [0.25, 0.3) is 0 Å². The van der Waals surface area contributed by atoms with Crippen molar-refractivity contribution in [2.24, 2.45) is 0 Å². The van der Waals surface area contributed by atoms with Crippen LogP contribution in [-0.2, 0) is 11.3 Å². The lowest BCUT2D eigenvalue weighted by Crippen LogP contribution is -2.02. The van der Waals surface area contributed by atoms with Gasteiger partial charge in [-0.2, -0.15) is 0 Å². The molecular weight excluding hydrogens is 244 g/mol. The van der Waals surface area contributed by atoms with E-state index in [2.05, 4.69) is 15.9 Å². The molecule has 0 saturated carbocycles. The van der Waals surface area contributed by atoms with Crippen molar-refractivity contribution in [3.63, 3.8) is 0 Å². The maximum Gasteiger partial charge on any atom is 0.133 e. The van der Waals surface area contributed by atoms with E-state index in [-0.39, 0.29) is 6.10 Å². The molecule has 0 fully saturated rings. The Kier molecular flexibility index (Phi) is 4.42. The first-order valence-corrected chi connectivity index (χ1v) is 5.37. The highest BCUT2D eigenvalue weighted by molar-refractivity contribution is 9.10. The van der Waals surface area contributed by atoms with E-state index in [1.165, 1.54) is 0 Å². The number of hydrogen-bond acceptors (Lipinski definition) is 2. The van der Waals surface area contributed by atoms with Crippen molar-refractivity contribution in [2.75, 3.05) is 7.11 Å².